The van der Waals surface area contributed by atoms with Gasteiger partial charge in [0.05, 0.1) is 6.54 Å². The molecule has 0 spiro atoms. The van der Waals surface area contributed by atoms with Gasteiger partial charge in [0.1, 0.15) is 12.2 Å². The second-order valence-electron chi connectivity index (χ2n) is 4.63. The van der Waals surface area contributed by atoms with E-state index < -0.39 is 0 Å². The Bertz CT molecular complexity index is 514. The molecule has 5 heteroatoms. The van der Waals surface area contributed by atoms with Crippen LogP contribution in [0.5, 0.6) is 0 Å². The predicted octanol–water partition coefficient (Wildman–Crippen LogP) is 2.17. The maximum absolute atomic E-state index is 4.28. The molecule has 0 bridgehead atoms. The van der Waals surface area contributed by atoms with Crippen LogP contribution in [0.3, 0.4) is 0 Å². The van der Waals surface area contributed by atoms with Gasteiger partial charge in [-0.15, -0.1) is 10.2 Å². The van der Waals surface area contributed by atoms with Crippen LogP contribution in [0.25, 0.3) is 0 Å². The van der Waals surface area contributed by atoms with Crippen molar-refractivity contribution in [1.29, 1.82) is 0 Å². The van der Waals surface area contributed by atoms with Crippen molar-refractivity contribution < 1.29 is 0 Å². The fourth-order valence-corrected chi connectivity index (χ4v) is 2.63. The molecule has 0 amide bonds. The number of halogens is 1. The molecule has 1 saturated heterocycles. The standard InChI is InChI=1S/C13H15BrN4/c14-12-3-1-10(2-4-12)8-18-9-16-17-13(18)11-5-6-15-7-11/h1-4,9,11,15H,5-8H2. The van der Waals surface area contributed by atoms with Crippen LogP contribution in [-0.4, -0.2) is 27.9 Å². The Morgan fingerprint density at radius 2 is 2.17 bits per heavy atom. The van der Waals surface area contributed by atoms with Crippen LogP contribution in [0, 0.1) is 0 Å². The zero-order valence-corrected chi connectivity index (χ0v) is 11.6. The monoisotopic (exact) mass is 306 g/mol. The summed E-state index contributed by atoms with van der Waals surface area (Å²) >= 11 is 3.45. The van der Waals surface area contributed by atoms with Gasteiger partial charge in [-0.25, -0.2) is 0 Å². The highest BCUT2D eigenvalue weighted by Gasteiger charge is 2.21. The first kappa shape index (κ1) is 11.9. The molecule has 18 heavy (non-hydrogen) atoms. The van der Waals surface area contributed by atoms with Crippen molar-refractivity contribution in [2.24, 2.45) is 0 Å². The summed E-state index contributed by atoms with van der Waals surface area (Å²) in [5, 5.41) is 11.7. The van der Waals surface area contributed by atoms with E-state index in [4.69, 9.17) is 0 Å². The molecule has 1 aromatic carbocycles. The Kier molecular flexibility index (Phi) is 3.43. The molecule has 94 valence electrons. The molecule has 1 aliphatic heterocycles. The molecular formula is C13H15BrN4. The minimum atomic E-state index is 0.503. The summed E-state index contributed by atoms with van der Waals surface area (Å²) in [5.74, 6) is 1.60. The van der Waals surface area contributed by atoms with E-state index in [1.54, 1.807) is 0 Å². The van der Waals surface area contributed by atoms with Gasteiger partial charge >= 0.3 is 0 Å². The maximum atomic E-state index is 4.28. The van der Waals surface area contributed by atoms with Crippen molar-refractivity contribution in [1.82, 2.24) is 20.1 Å². The highest BCUT2D eigenvalue weighted by molar-refractivity contribution is 9.10. The van der Waals surface area contributed by atoms with Crippen molar-refractivity contribution >= 4 is 15.9 Å². The van der Waals surface area contributed by atoms with Gasteiger partial charge in [0.25, 0.3) is 0 Å². The Hall–Kier alpha value is -1.20. The molecule has 0 radical (unpaired) electrons. The van der Waals surface area contributed by atoms with Gasteiger partial charge < -0.3 is 9.88 Å². The Balaban J connectivity index is 1.80. The first-order valence-corrected chi connectivity index (χ1v) is 6.95. The lowest BCUT2D eigenvalue weighted by molar-refractivity contribution is 0.631. The minimum absolute atomic E-state index is 0.503. The highest BCUT2D eigenvalue weighted by atomic mass is 79.9. The van der Waals surface area contributed by atoms with Crippen molar-refractivity contribution in [2.45, 2.75) is 18.9 Å². The number of nitrogens with one attached hydrogen (secondary N) is 1. The summed E-state index contributed by atoms with van der Waals surface area (Å²) < 4.78 is 3.26. The van der Waals surface area contributed by atoms with Crippen molar-refractivity contribution in [3.05, 3.63) is 46.5 Å². The molecule has 0 saturated carbocycles. The third kappa shape index (κ3) is 2.47. The maximum Gasteiger partial charge on any atom is 0.137 e. The SMILES string of the molecule is Brc1ccc(Cn2cnnc2C2CCNC2)cc1. The van der Waals surface area contributed by atoms with Crippen LogP contribution < -0.4 is 5.32 Å². The summed E-state index contributed by atoms with van der Waals surface area (Å²) in [6.07, 6.45) is 2.98. The molecule has 3 rings (SSSR count). The van der Waals surface area contributed by atoms with Gasteiger partial charge in [0.2, 0.25) is 0 Å². The van der Waals surface area contributed by atoms with Gasteiger partial charge in [0, 0.05) is 16.9 Å². The lowest BCUT2D eigenvalue weighted by Crippen LogP contribution is -2.13. The van der Waals surface area contributed by atoms with Gasteiger partial charge in [-0.1, -0.05) is 28.1 Å². The van der Waals surface area contributed by atoms with Crippen molar-refractivity contribution in [2.75, 3.05) is 13.1 Å². The Morgan fingerprint density at radius 1 is 1.33 bits per heavy atom. The van der Waals surface area contributed by atoms with Crippen molar-refractivity contribution in [3.63, 3.8) is 0 Å². The number of rotatable bonds is 3. The largest absolute Gasteiger partial charge is 0.316 e. The second kappa shape index (κ2) is 5.20. The minimum Gasteiger partial charge on any atom is -0.316 e. The van der Waals surface area contributed by atoms with Crippen LogP contribution in [0.2, 0.25) is 0 Å². The van der Waals surface area contributed by atoms with E-state index in [1.807, 2.05) is 6.33 Å². The Morgan fingerprint density at radius 3 is 2.89 bits per heavy atom. The summed E-state index contributed by atoms with van der Waals surface area (Å²) in [4.78, 5) is 0. The fraction of sp³-hybridized carbons (Fsp3) is 0.385. The van der Waals surface area contributed by atoms with E-state index in [0.717, 1.165) is 36.4 Å². The smallest absolute Gasteiger partial charge is 0.137 e. The molecule has 1 atom stereocenters. The number of hydrogen-bond acceptors (Lipinski definition) is 3. The molecule has 1 N–H and O–H groups in total. The molecule has 1 aliphatic rings. The molecule has 1 fully saturated rings. The van der Waals surface area contributed by atoms with E-state index >= 15 is 0 Å². The third-order valence-electron chi connectivity index (χ3n) is 3.34. The summed E-state index contributed by atoms with van der Waals surface area (Å²) in [6.45, 7) is 2.93. The van der Waals surface area contributed by atoms with E-state index in [0.29, 0.717) is 5.92 Å². The van der Waals surface area contributed by atoms with Crippen LogP contribution in [-0.2, 0) is 6.54 Å². The van der Waals surface area contributed by atoms with E-state index in [2.05, 4.69) is 60.3 Å². The average Bonchev–Trinajstić information content (AvgIpc) is 3.02. The number of aromatic nitrogens is 3. The normalized spacial score (nSPS) is 19.3. The van der Waals surface area contributed by atoms with E-state index in [-0.39, 0.29) is 0 Å². The molecule has 4 nitrogen and oxygen atoms in total. The fourth-order valence-electron chi connectivity index (χ4n) is 2.36. The third-order valence-corrected chi connectivity index (χ3v) is 3.87. The quantitative estimate of drug-likeness (QED) is 0.945. The first-order chi connectivity index (χ1) is 8.83. The first-order valence-electron chi connectivity index (χ1n) is 6.16. The van der Waals surface area contributed by atoms with E-state index in [1.165, 1.54) is 5.56 Å². The molecule has 1 aromatic heterocycles. The molecule has 2 heterocycles. The average molecular weight is 307 g/mol. The second-order valence-corrected chi connectivity index (χ2v) is 5.55. The number of nitrogens with zero attached hydrogens (tertiary/aromatic N) is 3. The van der Waals surface area contributed by atoms with Gasteiger partial charge in [-0.2, -0.15) is 0 Å². The Labute approximate surface area is 115 Å². The van der Waals surface area contributed by atoms with Crippen LogP contribution in [0.4, 0.5) is 0 Å². The van der Waals surface area contributed by atoms with Crippen LogP contribution in [0.1, 0.15) is 23.7 Å². The number of hydrogen-bond donors (Lipinski definition) is 1. The summed E-state index contributed by atoms with van der Waals surface area (Å²) in [6, 6.07) is 8.38. The van der Waals surface area contributed by atoms with Gasteiger partial charge in [-0.05, 0) is 30.7 Å². The molecule has 1 unspecified atom stereocenters. The zero-order chi connectivity index (χ0) is 12.4. The van der Waals surface area contributed by atoms with Gasteiger partial charge in [-0.3, -0.25) is 0 Å². The summed E-state index contributed by atoms with van der Waals surface area (Å²) in [7, 11) is 0. The topological polar surface area (TPSA) is 42.7 Å². The molecule has 2 aromatic rings. The predicted molar refractivity (Wildman–Crippen MR) is 73.5 cm³/mol. The summed E-state index contributed by atoms with van der Waals surface area (Å²) in [5.41, 5.74) is 1.27. The number of benzene rings is 1. The van der Waals surface area contributed by atoms with Crippen LogP contribution >= 0.6 is 15.9 Å². The molecular weight excluding hydrogens is 292 g/mol. The zero-order valence-electron chi connectivity index (χ0n) is 10.0. The van der Waals surface area contributed by atoms with Crippen molar-refractivity contribution in [3.8, 4) is 0 Å². The van der Waals surface area contributed by atoms with E-state index in [9.17, 15) is 0 Å². The van der Waals surface area contributed by atoms with Gasteiger partial charge in [0.15, 0.2) is 0 Å². The lowest BCUT2D eigenvalue weighted by Gasteiger charge is -2.11. The lowest BCUT2D eigenvalue weighted by atomic mass is 10.1. The molecule has 0 aliphatic carbocycles. The highest BCUT2D eigenvalue weighted by Crippen LogP contribution is 2.21. The van der Waals surface area contributed by atoms with Crippen LogP contribution in [0.15, 0.2) is 35.1 Å².